The molecule has 1 fully saturated rings. The number of aliphatic hydroxyl groups excluding tert-OH is 1. The zero-order valence-electron chi connectivity index (χ0n) is 17.2. The normalized spacial score (nSPS) is 17.3. The van der Waals surface area contributed by atoms with E-state index in [9.17, 15) is 5.11 Å². The first-order chi connectivity index (χ1) is 14.1. The third-order valence-corrected chi connectivity index (χ3v) is 5.11. The third kappa shape index (κ3) is 6.61. The highest BCUT2D eigenvalue weighted by Gasteiger charge is 2.25. The van der Waals surface area contributed by atoms with Gasteiger partial charge in [0, 0.05) is 31.9 Å². The molecule has 9 heteroatoms. The Morgan fingerprint density at radius 2 is 2.23 bits per heavy atom. The fourth-order valence-electron chi connectivity index (χ4n) is 3.33. The summed E-state index contributed by atoms with van der Waals surface area (Å²) >= 11 is 6.27. The van der Waals surface area contributed by atoms with Crippen LogP contribution in [-0.4, -0.2) is 55.4 Å². The van der Waals surface area contributed by atoms with Crippen molar-refractivity contribution in [2.75, 3.05) is 38.2 Å². The van der Waals surface area contributed by atoms with E-state index in [-0.39, 0.29) is 36.6 Å². The molecule has 0 bridgehead atoms. The Labute approximate surface area is 199 Å². The minimum atomic E-state index is -0.701. The van der Waals surface area contributed by atoms with E-state index in [4.69, 9.17) is 16.3 Å². The van der Waals surface area contributed by atoms with E-state index in [1.807, 2.05) is 43.3 Å². The molecule has 1 aromatic heterocycles. The number of halogens is 2. The summed E-state index contributed by atoms with van der Waals surface area (Å²) in [4.78, 5) is 11.1. The zero-order chi connectivity index (χ0) is 20.6. The SMILES string of the molecule is CCNC(=NCC(O)c1cccc(OC)c1)NC1CCN(c2ncccc2Cl)C1.I. The van der Waals surface area contributed by atoms with Gasteiger partial charge in [-0.15, -0.1) is 24.0 Å². The van der Waals surface area contributed by atoms with Crippen molar-refractivity contribution < 1.29 is 9.84 Å². The van der Waals surface area contributed by atoms with Crippen molar-refractivity contribution in [1.82, 2.24) is 15.6 Å². The Balaban J connectivity index is 0.00000320. The Morgan fingerprint density at radius 3 is 2.97 bits per heavy atom. The number of anilines is 1. The Bertz CT molecular complexity index is 839. The summed E-state index contributed by atoms with van der Waals surface area (Å²) < 4.78 is 5.22. The summed E-state index contributed by atoms with van der Waals surface area (Å²) in [7, 11) is 1.61. The van der Waals surface area contributed by atoms with Crippen LogP contribution < -0.4 is 20.3 Å². The molecule has 0 spiro atoms. The predicted octanol–water partition coefficient (Wildman–Crippen LogP) is 3.23. The third-order valence-electron chi connectivity index (χ3n) is 4.81. The van der Waals surface area contributed by atoms with Crippen LogP contribution in [0.4, 0.5) is 5.82 Å². The molecule has 0 amide bonds. The number of hydrogen-bond donors (Lipinski definition) is 3. The number of rotatable bonds is 7. The van der Waals surface area contributed by atoms with Crippen molar-refractivity contribution in [2.24, 2.45) is 4.99 Å². The van der Waals surface area contributed by atoms with Gasteiger partial charge in [-0.05, 0) is 43.2 Å². The van der Waals surface area contributed by atoms with Gasteiger partial charge in [0.15, 0.2) is 5.96 Å². The number of ether oxygens (including phenoxy) is 1. The summed E-state index contributed by atoms with van der Waals surface area (Å²) in [5.74, 6) is 2.22. The first-order valence-corrected chi connectivity index (χ1v) is 10.2. The highest BCUT2D eigenvalue weighted by Crippen LogP contribution is 2.25. The molecule has 2 heterocycles. The number of hydrogen-bond acceptors (Lipinski definition) is 5. The average molecular weight is 546 g/mol. The second kappa shape index (κ2) is 12.2. The van der Waals surface area contributed by atoms with Crippen molar-refractivity contribution >= 4 is 47.4 Å². The summed E-state index contributed by atoms with van der Waals surface area (Å²) in [6.07, 6.45) is 2.01. The highest BCUT2D eigenvalue weighted by molar-refractivity contribution is 14.0. The van der Waals surface area contributed by atoms with Gasteiger partial charge in [0.1, 0.15) is 11.6 Å². The monoisotopic (exact) mass is 545 g/mol. The zero-order valence-corrected chi connectivity index (χ0v) is 20.3. The minimum absolute atomic E-state index is 0. The molecule has 0 radical (unpaired) electrons. The molecule has 2 unspecified atom stereocenters. The summed E-state index contributed by atoms with van der Waals surface area (Å²) in [5, 5.41) is 17.9. The minimum Gasteiger partial charge on any atom is -0.497 e. The predicted molar refractivity (Wildman–Crippen MR) is 132 cm³/mol. The number of nitrogens with zero attached hydrogens (tertiary/aromatic N) is 3. The number of pyridine rings is 1. The van der Waals surface area contributed by atoms with E-state index >= 15 is 0 Å². The molecular weight excluding hydrogens is 517 g/mol. The molecule has 3 N–H and O–H groups in total. The molecule has 1 aliphatic rings. The molecule has 30 heavy (non-hydrogen) atoms. The molecule has 1 saturated heterocycles. The highest BCUT2D eigenvalue weighted by atomic mass is 127. The molecule has 164 valence electrons. The van der Waals surface area contributed by atoms with Gasteiger partial charge in [-0.3, -0.25) is 4.99 Å². The number of nitrogens with one attached hydrogen (secondary N) is 2. The second-order valence-corrected chi connectivity index (χ2v) is 7.30. The molecule has 7 nitrogen and oxygen atoms in total. The van der Waals surface area contributed by atoms with Crippen LogP contribution >= 0.6 is 35.6 Å². The van der Waals surface area contributed by atoms with E-state index in [1.54, 1.807) is 13.3 Å². The van der Waals surface area contributed by atoms with Gasteiger partial charge < -0.3 is 25.4 Å². The van der Waals surface area contributed by atoms with E-state index in [0.717, 1.165) is 43.2 Å². The maximum Gasteiger partial charge on any atom is 0.191 e. The van der Waals surface area contributed by atoms with Crippen LogP contribution in [0.3, 0.4) is 0 Å². The van der Waals surface area contributed by atoms with Gasteiger partial charge in [0.2, 0.25) is 0 Å². The number of aliphatic imine (C=N–C) groups is 1. The van der Waals surface area contributed by atoms with Crippen molar-refractivity contribution in [2.45, 2.75) is 25.5 Å². The largest absolute Gasteiger partial charge is 0.497 e. The summed E-state index contributed by atoms with van der Waals surface area (Å²) in [6, 6.07) is 11.3. The molecule has 0 saturated carbocycles. The Hall–Kier alpha value is -1.78. The van der Waals surface area contributed by atoms with E-state index < -0.39 is 6.10 Å². The van der Waals surface area contributed by atoms with Crippen LogP contribution in [0.25, 0.3) is 0 Å². The first kappa shape index (κ1) is 24.5. The maximum absolute atomic E-state index is 10.5. The van der Waals surface area contributed by atoms with Crippen LogP contribution in [0.5, 0.6) is 5.75 Å². The van der Waals surface area contributed by atoms with E-state index in [1.165, 1.54) is 0 Å². The van der Waals surface area contributed by atoms with Crippen LogP contribution in [0.2, 0.25) is 5.02 Å². The average Bonchev–Trinajstić information content (AvgIpc) is 3.20. The lowest BCUT2D eigenvalue weighted by Crippen LogP contribution is -2.44. The maximum atomic E-state index is 10.5. The molecule has 2 aromatic rings. The van der Waals surface area contributed by atoms with Crippen molar-refractivity contribution in [3.8, 4) is 5.75 Å². The summed E-state index contributed by atoms with van der Waals surface area (Å²) in [5.41, 5.74) is 0.779. The van der Waals surface area contributed by atoms with Crippen LogP contribution in [0.15, 0.2) is 47.6 Å². The second-order valence-electron chi connectivity index (χ2n) is 6.90. The van der Waals surface area contributed by atoms with Gasteiger partial charge >= 0.3 is 0 Å². The van der Waals surface area contributed by atoms with Crippen LogP contribution in [0, 0.1) is 0 Å². The van der Waals surface area contributed by atoms with E-state index in [0.29, 0.717) is 11.0 Å². The quantitative estimate of drug-likeness (QED) is 0.282. The lowest BCUT2D eigenvalue weighted by molar-refractivity contribution is 0.186. The van der Waals surface area contributed by atoms with Gasteiger partial charge in [0.05, 0.1) is 24.8 Å². The fraction of sp³-hybridized carbons (Fsp3) is 0.429. The first-order valence-electron chi connectivity index (χ1n) is 9.83. The van der Waals surface area contributed by atoms with E-state index in [2.05, 4.69) is 25.5 Å². The smallest absolute Gasteiger partial charge is 0.191 e. The molecule has 0 aliphatic carbocycles. The summed E-state index contributed by atoms with van der Waals surface area (Å²) in [6.45, 7) is 4.68. The van der Waals surface area contributed by atoms with Crippen LogP contribution in [0.1, 0.15) is 25.0 Å². The van der Waals surface area contributed by atoms with Crippen molar-refractivity contribution in [3.05, 3.63) is 53.2 Å². The van der Waals surface area contributed by atoms with Gasteiger partial charge in [0.25, 0.3) is 0 Å². The number of methoxy groups -OCH3 is 1. The van der Waals surface area contributed by atoms with Crippen LogP contribution in [-0.2, 0) is 0 Å². The Morgan fingerprint density at radius 1 is 1.40 bits per heavy atom. The number of benzene rings is 1. The molecule has 2 atom stereocenters. The number of aromatic nitrogens is 1. The topological polar surface area (TPSA) is 82.0 Å². The fourth-order valence-corrected chi connectivity index (χ4v) is 3.57. The van der Waals surface area contributed by atoms with Gasteiger partial charge in [-0.2, -0.15) is 0 Å². The number of guanidine groups is 1. The molecule has 1 aliphatic heterocycles. The molecule has 3 rings (SSSR count). The number of aliphatic hydroxyl groups is 1. The lowest BCUT2D eigenvalue weighted by atomic mass is 10.1. The molecular formula is C21H29ClIN5O2. The Kier molecular flexibility index (Phi) is 9.93. The lowest BCUT2D eigenvalue weighted by Gasteiger charge is -2.20. The standard InChI is InChI=1S/C21H28ClN5O2.HI/c1-3-23-21(25-13-19(28)15-6-4-7-17(12-15)29-2)26-16-9-11-27(14-16)20-18(22)8-5-10-24-20;/h4-8,10,12,16,19,28H,3,9,11,13-14H2,1-2H3,(H2,23,25,26);1H. The van der Waals surface area contributed by atoms with Crippen molar-refractivity contribution in [1.29, 1.82) is 0 Å². The van der Waals surface area contributed by atoms with Gasteiger partial charge in [-0.1, -0.05) is 23.7 Å². The van der Waals surface area contributed by atoms with Gasteiger partial charge in [-0.25, -0.2) is 4.98 Å². The van der Waals surface area contributed by atoms with Crippen molar-refractivity contribution in [3.63, 3.8) is 0 Å². The molecule has 1 aromatic carbocycles.